The average molecular weight is 257 g/mol. The Morgan fingerprint density at radius 1 is 1.17 bits per heavy atom. The summed E-state index contributed by atoms with van der Waals surface area (Å²) in [5.74, 6) is -0.894. The van der Waals surface area contributed by atoms with Gasteiger partial charge in [0.2, 0.25) is 0 Å². The predicted octanol–water partition coefficient (Wildman–Crippen LogP) is 3.48. The summed E-state index contributed by atoms with van der Waals surface area (Å²) in [5.41, 5.74) is 0.156. The van der Waals surface area contributed by atoms with Crippen LogP contribution >= 0.6 is 0 Å². The fourth-order valence-corrected chi connectivity index (χ4v) is 1.84. The van der Waals surface area contributed by atoms with Crippen molar-refractivity contribution in [1.29, 1.82) is 0 Å². The van der Waals surface area contributed by atoms with Crippen molar-refractivity contribution >= 4 is 5.69 Å². The zero-order chi connectivity index (χ0) is 13.8. The first-order chi connectivity index (χ1) is 8.48. The van der Waals surface area contributed by atoms with Gasteiger partial charge < -0.3 is 10.4 Å². The number of aliphatic hydroxyl groups excluding tert-OH is 1. The van der Waals surface area contributed by atoms with Gasteiger partial charge in [0, 0.05) is 18.0 Å². The van der Waals surface area contributed by atoms with Crippen LogP contribution in [0.25, 0.3) is 0 Å². The molecule has 0 radical (unpaired) electrons. The van der Waals surface area contributed by atoms with Crippen molar-refractivity contribution in [2.24, 2.45) is 5.41 Å². The highest BCUT2D eigenvalue weighted by Crippen LogP contribution is 2.27. The summed E-state index contributed by atoms with van der Waals surface area (Å²) in [7, 11) is 0. The highest BCUT2D eigenvalue weighted by Gasteiger charge is 2.25. The number of anilines is 1. The molecule has 1 rings (SSSR count). The molecule has 4 heteroatoms. The number of benzene rings is 1. The summed E-state index contributed by atoms with van der Waals surface area (Å²) in [6, 6.07) is 2.34. The molecule has 0 spiro atoms. The molecule has 2 nitrogen and oxygen atoms in total. The summed E-state index contributed by atoms with van der Waals surface area (Å²) in [6.45, 7) is 5.94. The third kappa shape index (κ3) is 3.19. The largest absolute Gasteiger partial charge is 0.396 e. The second kappa shape index (κ2) is 6.14. The van der Waals surface area contributed by atoms with E-state index in [0.717, 1.165) is 18.9 Å². The van der Waals surface area contributed by atoms with Gasteiger partial charge in [-0.25, -0.2) is 8.78 Å². The lowest BCUT2D eigenvalue weighted by atomic mass is 9.83. The molecular weight excluding hydrogens is 236 g/mol. The van der Waals surface area contributed by atoms with Gasteiger partial charge in [-0.1, -0.05) is 13.8 Å². The molecule has 0 aliphatic carbocycles. The lowest BCUT2D eigenvalue weighted by Gasteiger charge is -2.30. The van der Waals surface area contributed by atoms with E-state index < -0.39 is 11.6 Å². The van der Waals surface area contributed by atoms with Crippen LogP contribution in [-0.2, 0) is 0 Å². The van der Waals surface area contributed by atoms with Crippen LogP contribution in [0.2, 0.25) is 0 Å². The van der Waals surface area contributed by atoms with Crippen molar-refractivity contribution in [3.8, 4) is 0 Å². The van der Waals surface area contributed by atoms with Crippen LogP contribution in [0.5, 0.6) is 0 Å². The van der Waals surface area contributed by atoms with Crippen molar-refractivity contribution in [3.05, 3.63) is 29.3 Å². The molecule has 0 fully saturated rings. The second-order valence-corrected chi connectivity index (χ2v) is 4.80. The number of hydrogen-bond donors (Lipinski definition) is 2. The number of hydrogen-bond acceptors (Lipinski definition) is 2. The molecule has 2 N–H and O–H groups in total. The molecule has 1 aromatic rings. The molecule has 0 amide bonds. The summed E-state index contributed by atoms with van der Waals surface area (Å²) < 4.78 is 27.0. The van der Waals surface area contributed by atoms with Crippen molar-refractivity contribution in [2.45, 2.75) is 33.6 Å². The first-order valence-electron chi connectivity index (χ1n) is 6.28. The summed E-state index contributed by atoms with van der Waals surface area (Å²) in [5, 5.41) is 12.3. The van der Waals surface area contributed by atoms with Gasteiger partial charge in [0.05, 0.1) is 12.3 Å². The van der Waals surface area contributed by atoms with E-state index in [2.05, 4.69) is 5.32 Å². The lowest BCUT2D eigenvalue weighted by Crippen LogP contribution is -2.32. The zero-order valence-corrected chi connectivity index (χ0v) is 11.2. The molecule has 0 bridgehead atoms. The topological polar surface area (TPSA) is 32.3 Å². The highest BCUT2D eigenvalue weighted by molar-refractivity contribution is 5.47. The smallest absolute Gasteiger partial charge is 0.146 e. The van der Waals surface area contributed by atoms with E-state index in [0.29, 0.717) is 6.54 Å². The third-order valence-electron chi connectivity index (χ3n) is 3.74. The fraction of sp³-hybridized carbons (Fsp3) is 0.571. The van der Waals surface area contributed by atoms with Gasteiger partial charge in [0.1, 0.15) is 11.6 Å². The number of aryl methyl sites for hydroxylation is 1. The minimum atomic E-state index is -0.465. The average Bonchev–Trinajstić information content (AvgIpc) is 2.37. The third-order valence-corrected chi connectivity index (χ3v) is 3.74. The van der Waals surface area contributed by atoms with E-state index in [1.54, 1.807) is 0 Å². The van der Waals surface area contributed by atoms with Crippen molar-refractivity contribution < 1.29 is 13.9 Å². The van der Waals surface area contributed by atoms with Crippen LogP contribution in [0.4, 0.5) is 14.5 Å². The van der Waals surface area contributed by atoms with Gasteiger partial charge in [0.25, 0.3) is 0 Å². The van der Waals surface area contributed by atoms with Crippen LogP contribution in [0.15, 0.2) is 12.1 Å². The Balaban J connectivity index is 2.83. The number of nitrogens with one attached hydrogen (secondary N) is 1. The van der Waals surface area contributed by atoms with Gasteiger partial charge in [-0.3, -0.25) is 0 Å². The van der Waals surface area contributed by atoms with Gasteiger partial charge in [-0.15, -0.1) is 0 Å². The van der Waals surface area contributed by atoms with E-state index in [1.807, 2.05) is 13.8 Å². The summed E-state index contributed by atoms with van der Waals surface area (Å²) >= 11 is 0. The molecule has 1 aromatic carbocycles. The maximum atomic E-state index is 13.6. The Morgan fingerprint density at radius 3 is 2.28 bits per heavy atom. The Kier molecular flexibility index (Phi) is 5.08. The Bertz CT molecular complexity index is 395. The lowest BCUT2D eigenvalue weighted by molar-refractivity contribution is 0.127. The zero-order valence-electron chi connectivity index (χ0n) is 11.2. The molecule has 0 saturated carbocycles. The number of rotatable bonds is 6. The molecule has 0 heterocycles. The van der Waals surface area contributed by atoms with Crippen LogP contribution in [0, 0.1) is 24.0 Å². The minimum absolute atomic E-state index is 0.0307. The first kappa shape index (κ1) is 14.9. The molecule has 0 aliphatic rings. The van der Waals surface area contributed by atoms with Crippen molar-refractivity contribution in [2.75, 3.05) is 18.5 Å². The van der Waals surface area contributed by atoms with E-state index in [1.165, 1.54) is 13.0 Å². The molecule has 102 valence electrons. The number of halogens is 2. The Labute approximate surface area is 107 Å². The van der Waals surface area contributed by atoms with E-state index >= 15 is 0 Å². The molecule has 0 unspecified atom stereocenters. The standard InChI is InChI=1S/C14H21F2NO/c1-4-14(5-2,9-18)8-17-13-7-11(15)10(3)6-12(13)16/h6-7,17-18H,4-5,8-9H2,1-3H3. The second-order valence-electron chi connectivity index (χ2n) is 4.80. The van der Waals surface area contributed by atoms with E-state index in [9.17, 15) is 13.9 Å². The van der Waals surface area contributed by atoms with Gasteiger partial charge in [-0.2, -0.15) is 0 Å². The number of aliphatic hydroxyl groups is 1. The minimum Gasteiger partial charge on any atom is -0.396 e. The molecular formula is C14H21F2NO. The molecule has 0 saturated heterocycles. The summed E-state index contributed by atoms with van der Waals surface area (Å²) in [4.78, 5) is 0. The highest BCUT2D eigenvalue weighted by atomic mass is 19.1. The van der Waals surface area contributed by atoms with Crippen LogP contribution in [0.1, 0.15) is 32.3 Å². The van der Waals surface area contributed by atoms with Crippen molar-refractivity contribution in [1.82, 2.24) is 0 Å². The maximum Gasteiger partial charge on any atom is 0.146 e. The van der Waals surface area contributed by atoms with Gasteiger partial charge in [0.15, 0.2) is 0 Å². The van der Waals surface area contributed by atoms with Crippen LogP contribution < -0.4 is 5.32 Å². The molecule has 18 heavy (non-hydrogen) atoms. The normalized spacial score (nSPS) is 11.7. The van der Waals surface area contributed by atoms with Crippen molar-refractivity contribution in [3.63, 3.8) is 0 Å². The summed E-state index contributed by atoms with van der Waals surface area (Å²) in [6.07, 6.45) is 1.56. The molecule has 0 aromatic heterocycles. The van der Waals surface area contributed by atoms with E-state index in [4.69, 9.17) is 0 Å². The first-order valence-corrected chi connectivity index (χ1v) is 6.28. The van der Waals surface area contributed by atoms with Crippen LogP contribution in [0.3, 0.4) is 0 Å². The fourth-order valence-electron chi connectivity index (χ4n) is 1.84. The molecule has 0 atom stereocenters. The predicted molar refractivity (Wildman–Crippen MR) is 69.7 cm³/mol. The monoisotopic (exact) mass is 257 g/mol. The maximum absolute atomic E-state index is 13.6. The Morgan fingerprint density at radius 2 is 1.78 bits per heavy atom. The van der Waals surface area contributed by atoms with Crippen LogP contribution in [-0.4, -0.2) is 18.3 Å². The molecule has 0 aliphatic heterocycles. The SMILES string of the molecule is CCC(CC)(CO)CNc1cc(F)c(C)cc1F. The van der Waals surface area contributed by atoms with Gasteiger partial charge in [-0.05, 0) is 31.4 Å². The van der Waals surface area contributed by atoms with Gasteiger partial charge >= 0.3 is 0 Å². The quantitative estimate of drug-likeness (QED) is 0.817. The van der Waals surface area contributed by atoms with E-state index in [-0.39, 0.29) is 23.3 Å². The Hall–Kier alpha value is -1.16.